The minimum atomic E-state index is -0.380. The highest BCUT2D eigenvalue weighted by atomic mass is 19.1. The molecule has 1 aromatic carbocycles. The van der Waals surface area contributed by atoms with Crippen LogP contribution in [0, 0.1) is 17.7 Å². The Kier molecular flexibility index (Phi) is 2.23. The molecule has 0 aromatic heterocycles. The maximum absolute atomic E-state index is 13.1. The molecule has 1 saturated carbocycles. The summed E-state index contributed by atoms with van der Waals surface area (Å²) in [4.78, 5) is 11.5. The number of rotatable bonds is 2. The number of nitrogens with one attached hydrogen (secondary N) is 1. The molecule has 0 aliphatic heterocycles. The number of halogens is 1. The molecule has 0 spiro atoms. The first-order chi connectivity index (χ1) is 6.68. The number of hydrogen-bond acceptors (Lipinski definition) is 1. The molecule has 2 nitrogen and oxygen atoms in total. The van der Waals surface area contributed by atoms with E-state index in [4.69, 9.17) is 0 Å². The van der Waals surface area contributed by atoms with E-state index in [1.54, 1.807) is 18.2 Å². The third kappa shape index (κ3) is 1.76. The summed E-state index contributed by atoms with van der Waals surface area (Å²) in [5, 5.41) is 2.59. The minimum absolute atomic E-state index is 0.0670. The van der Waals surface area contributed by atoms with Crippen molar-refractivity contribution in [3.63, 3.8) is 0 Å². The first kappa shape index (κ1) is 9.19. The molecular weight excluding hydrogens is 181 g/mol. The van der Waals surface area contributed by atoms with E-state index in [1.165, 1.54) is 6.07 Å². The topological polar surface area (TPSA) is 29.1 Å². The molecule has 74 valence electrons. The van der Waals surface area contributed by atoms with Gasteiger partial charge in [-0.3, -0.25) is 4.79 Å². The fraction of sp³-hybridized carbons (Fsp3) is 0.364. The first-order valence-electron chi connectivity index (χ1n) is 4.74. The van der Waals surface area contributed by atoms with Gasteiger partial charge in [0.1, 0.15) is 5.82 Å². The first-order valence-corrected chi connectivity index (χ1v) is 4.74. The fourth-order valence-electron chi connectivity index (χ4n) is 1.48. The van der Waals surface area contributed by atoms with E-state index >= 15 is 0 Å². The van der Waals surface area contributed by atoms with Gasteiger partial charge in [0.2, 0.25) is 5.91 Å². The number of para-hydroxylation sites is 1. The number of amides is 1. The van der Waals surface area contributed by atoms with Crippen LogP contribution >= 0.6 is 0 Å². The van der Waals surface area contributed by atoms with Crippen molar-refractivity contribution < 1.29 is 9.18 Å². The van der Waals surface area contributed by atoms with Crippen LogP contribution in [0.2, 0.25) is 0 Å². The van der Waals surface area contributed by atoms with Crippen LogP contribution in [0.15, 0.2) is 24.3 Å². The maximum atomic E-state index is 13.1. The van der Waals surface area contributed by atoms with Crippen molar-refractivity contribution in [1.82, 2.24) is 0 Å². The summed E-state index contributed by atoms with van der Waals surface area (Å²) in [5.74, 6) is 0.0770. The monoisotopic (exact) mass is 193 g/mol. The van der Waals surface area contributed by atoms with Crippen molar-refractivity contribution in [3.8, 4) is 0 Å². The Hall–Kier alpha value is -1.38. The number of hydrogen-bond donors (Lipinski definition) is 1. The van der Waals surface area contributed by atoms with Crippen molar-refractivity contribution in [2.75, 3.05) is 5.32 Å². The summed E-state index contributed by atoms with van der Waals surface area (Å²) in [6.45, 7) is 2.02. The zero-order valence-corrected chi connectivity index (χ0v) is 7.96. The van der Waals surface area contributed by atoms with Crippen LogP contribution in [0.3, 0.4) is 0 Å². The molecule has 1 aliphatic rings. The van der Waals surface area contributed by atoms with E-state index in [0.29, 0.717) is 5.92 Å². The molecule has 1 aliphatic carbocycles. The predicted octanol–water partition coefficient (Wildman–Crippen LogP) is 2.42. The minimum Gasteiger partial charge on any atom is -0.323 e. The highest BCUT2D eigenvalue weighted by Crippen LogP contribution is 2.38. The van der Waals surface area contributed by atoms with Gasteiger partial charge in [0.15, 0.2) is 0 Å². The highest BCUT2D eigenvalue weighted by Gasteiger charge is 2.39. The fourth-order valence-corrected chi connectivity index (χ4v) is 1.48. The van der Waals surface area contributed by atoms with Crippen LogP contribution in [-0.4, -0.2) is 5.91 Å². The van der Waals surface area contributed by atoms with Gasteiger partial charge in [-0.2, -0.15) is 0 Å². The molecule has 0 bridgehead atoms. The molecule has 2 rings (SSSR count). The van der Waals surface area contributed by atoms with Gasteiger partial charge in [0.25, 0.3) is 0 Å². The third-order valence-corrected chi connectivity index (χ3v) is 2.58. The Morgan fingerprint density at radius 3 is 2.71 bits per heavy atom. The SMILES string of the molecule is CC1CC1C(=O)Nc1ccccc1F. The van der Waals surface area contributed by atoms with E-state index in [9.17, 15) is 9.18 Å². The lowest BCUT2D eigenvalue weighted by atomic mass is 10.2. The van der Waals surface area contributed by atoms with E-state index in [-0.39, 0.29) is 23.3 Å². The Balaban J connectivity index is 2.04. The summed E-state index contributed by atoms with van der Waals surface area (Å²) in [6.07, 6.45) is 0.917. The molecule has 0 heterocycles. The zero-order chi connectivity index (χ0) is 10.1. The Labute approximate surface area is 82.1 Å². The summed E-state index contributed by atoms with van der Waals surface area (Å²) in [7, 11) is 0. The number of carbonyl (C=O) groups is 1. The molecular formula is C11H12FNO. The summed E-state index contributed by atoms with van der Waals surface area (Å²) in [5.41, 5.74) is 0.275. The second-order valence-corrected chi connectivity index (χ2v) is 3.79. The lowest BCUT2D eigenvalue weighted by Gasteiger charge is -2.04. The molecule has 14 heavy (non-hydrogen) atoms. The molecule has 3 heteroatoms. The van der Waals surface area contributed by atoms with Crippen molar-refractivity contribution in [3.05, 3.63) is 30.1 Å². The number of anilines is 1. The smallest absolute Gasteiger partial charge is 0.227 e. The number of carbonyl (C=O) groups excluding carboxylic acids is 1. The van der Waals surface area contributed by atoms with Gasteiger partial charge in [-0.15, -0.1) is 0 Å². The van der Waals surface area contributed by atoms with E-state index in [2.05, 4.69) is 5.32 Å². The Morgan fingerprint density at radius 1 is 1.50 bits per heavy atom. The molecule has 0 saturated heterocycles. The van der Waals surface area contributed by atoms with Crippen LogP contribution < -0.4 is 5.32 Å². The van der Waals surface area contributed by atoms with Crippen LogP contribution in [0.5, 0.6) is 0 Å². The summed E-state index contributed by atoms with van der Waals surface area (Å²) >= 11 is 0. The summed E-state index contributed by atoms with van der Waals surface area (Å²) in [6, 6.07) is 6.21. The lowest BCUT2D eigenvalue weighted by Crippen LogP contribution is -2.15. The quantitative estimate of drug-likeness (QED) is 0.767. The average Bonchev–Trinajstić information content (AvgIpc) is 2.87. The number of benzene rings is 1. The highest BCUT2D eigenvalue weighted by molar-refractivity contribution is 5.94. The van der Waals surface area contributed by atoms with Gasteiger partial charge in [-0.05, 0) is 24.5 Å². The average molecular weight is 193 g/mol. The predicted molar refractivity (Wildman–Crippen MR) is 52.3 cm³/mol. The largest absolute Gasteiger partial charge is 0.323 e. The van der Waals surface area contributed by atoms with Crippen LogP contribution in [0.4, 0.5) is 10.1 Å². The standard InChI is InChI=1S/C11H12FNO/c1-7-6-8(7)11(14)13-10-5-3-2-4-9(10)12/h2-5,7-8H,6H2,1H3,(H,13,14). The van der Waals surface area contributed by atoms with Gasteiger partial charge in [-0.1, -0.05) is 19.1 Å². The molecule has 1 N–H and O–H groups in total. The molecule has 1 amide bonds. The van der Waals surface area contributed by atoms with Gasteiger partial charge >= 0.3 is 0 Å². The molecule has 0 radical (unpaired) electrons. The van der Waals surface area contributed by atoms with Crippen LogP contribution in [0.25, 0.3) is 0 Å². The molecule has 1 aromatic rings. The van der Waals surface area contributed by atoms with Crippen molar-refractivity contribution in [2.24, 2.45) is 11.8 Å². The van der Waals surface area contributed by atoms with E-state index < -0.39 is 0 Å². The van der Waals surface area contributed by atoms with Crippen molar-refractivity contribution in [2.45, 2.75) is 13.3 Å². The zero-order valence-electron chi connectivity index (χ0n) is 7.96. The molecule has 1 fully saturated rings. The van der Waals surface area contributed by atoms with Gasteiger partial charge < -0.3 is 5.32 Å². The normalized spacial score (nSPS) is 24.4. The van der Waals surface area contributed by atoms with E-state index in [1.807, 2.05) is 6.92 Å². The Morgan fingerprint density at radius 2 is 2.14 bits per heavy atom. The second kappa shape index (κ2) is 3.40. The second-order valence-electron chi connectivity index (χ2n) is 3.79. The van der Waals surface area contributed by atoms with E-state index in [0.717, 1.165) is 6.42 Å². The Bertz CT molecular complexity index is 364. The van der Waals surface area contributed by atoms with Crippen molar-refractivity contribution >= 4 is 11.6 Å². The molecule has 2 unspecified atom stereocenters. The van der Waals surface area contributed by atoms with Crippen LogP contribution in [-0.2, 0) is 4.79 Å². The maximum Gasteiger partial charge on any atom is 0.227 e. The van der Waals surface area contributed by atoms with Gasteiger partial charge in [-0.25, -0.2) is 4.39 Å². The molecule has 2 atom stereocenters. The van der Waals surface area contributed by atoms with Gasteiger partial charge in [0, 0.05) is 5.92 Å². The van der Waals surface area contributed by atoms with Crippen LogP contribution in [0.1, 0.15) is 13.3 Å². The van der Waals surface area contributed by atoms with Crippen molar-refractivity contribution in [1.29, 1.82) is 0 Å². The third-order valence-electron chi connectivity index (χ3n) is 2.58. The van der Waals surface area contributed by atoms with Gasteiger partial charge in [0.05, 0.1) is 5.69 Å². The lowest BCUT2D eigenvalue weighted by molar-refractivity contribution is -0.117. The summed E-state index contributed by atoms with van der Waals surface area (Å²) < 4.78 is 13.1.